The average Bonchev–Trinajstić information content (AvgIpc) is 3.16. The zero-order valence-corrected chi connectivity index (χ0v) is 19.0. The third-order valence-electron chi connectivity index (χ3n) is 5.27. The SMILES string of the molecule is COc1ccc(/C=C2\Oc3c(ccc(OC(=O)C(Cl)c4ccccc4)c3C)C2=O)c(OC)c1. The van der Waals surface area contributed by atoms with Crippen LogP contribution in [0, 0.1) is 6.92 Å². The molecule has 0 amide bonds. The van der Waals surface area contributed by atoms with Crippen molar-refractivity contribution in [3.05, 3.63) is 88.7 Å². The van der Waals surface area contributed by atoms with Gasteiger partial charge >= 0.3 is 5.97 Å². The number of halogens is 1. The summed E-state index contributed by atoms with van der Waals surface area (Å²) in [5.74, 6) is 1.03. The summed E-state index contributed by atoms with van der Waals surface area (Å²) in [7, 11) is 3.10. The van der Waals surface area contributed by atoms with Crippen LogP contribution in [0.5, 0.6) is 23.0 Å². The second kappa shape index (κ2) is 9.38. The first-order valence-electron chi connectivity index (χ1n) is 10.1. The van der Waals surface area contributed by atoms with Gasteiger partial charge in [0.15, 0.2) is 11.1 Å². The van der Waals surface area contributed by atoms with E-state index in [-0.39, 0.29) is 17.3 Å². The largest absolute Gasteiger partial charge is 0.497 e. The molecule has 168 valence electrons. The number of Topliss-reactive ketones (excluding diaryl/α,β-unsaturated/α-hetero) is 1. The van der Waals surface area contributed by atoms with Crippen LogP contribution in [0.1, 0.15) is 32.4 Å². The molecule has 4 rings (SSSR count). The highest BCUT2D eigenvalue weighted by molar-refractivity contribution is 6.30. The van der Waals surface area contributed by atoms with E-state index in [9.17, 15) is 9.59 Å². The topological polar surface area (TPSA) is 71.1 Å². The Bertz CT molecular complexity index is 1250. The quantitative estimate of drug-likeness (QED) is 0.207. The summed E-state index contributed by atoms with van der Waals surface area (Å²) in [6.45, 7) is 1.72. The zero-order chi connectivity index (χ0) is 23.5. The van der Waals surface area contributed by atoms with Crippen LogP contribution < -0.4 is 18.9 Å². The van der Waals surface area contributed by atoms with Crippen molar-refractivity contribution in [3.63, 3.8) is 0 Å². The maximum Gasteiger partial charge on any atom is 0.334 e. The van der Waals surface area contributed by atoms with Gasteiger partial charge in [-0.05, 0) is 42.8 Å². The normalized spacial score (nSPS) is 14.4. The molecule has 7 heteroatoms. The molecule has 1 heterocycles. The molecule has 1 atom stereocenters. The number of carbonyl (C=O) groups is 2. The lowest BCUT2D eigenvalue weighted by Gasteiger charge is -2.13. The van der Waals surface area contributed by atoms with E-state index < -0.39 is 11.3 Å². The number of ether oxygens (including phenoxy) is 4. The second-order valence-corrected chi connectivity index (χ2v) is 7.74. The molecule has 1 unspecified atom stereocenters. The monoisotopic (exact) mass is 464 g/mol. The van der Waals surface area contributed by atoms with E-state index >= 15 is 0 Å². The molecule has 3 aromatic rings. The van der Waals surface area contributed by atoms with Crippen LogP contribution in [-0.2, 0) is 4.79 Å². The van der Waals surface area contributed by atoms with Gasteiger partial charge in [0.1, 0.15) is 23.0 Å². The van der Waals surface area contributed by atoms with Crippen LogP contribution in [0.2, 0.25) is 0 Å². The van der Waals surface area contributed by atoms with Crippen LogP contribution in [0.4, 0.5) is 0 Å². The fourth-order valence-corrected chi connectivity index (χ4v) is 3.67. The average molecular weight is 465 g/mol. The van der Waals surface area contributed by atoms with Crippen molar-refractivity contribution in [2.75, 3.05) is 14.2 Å². The Hall–Kier alpha value is -3.77. The number of ketones is 1. The molecule has 3 aromatic carbocycles. The molecule has 0 aromatic heterocycles. The van der Waals surface area contributed by atoms with Gasteiger partial charge in [-0.2, -0.15) is 0 Å². The summed E-state index contributed by atoms with van der Waals surface area (Å²) in [5.41, 5.74) is 2.20. The maximum atomic E-state index is 12.9. The highest BCUT2D eigenvalue weighted by Gasteiger charge is 2.31. The molecule has 6 nitrogen and oxygen atoms in total. The molecule has 33 heavy (non-hydrogen) atoms. The first-order valence-corrected chi connectivity index (χ1v) is 10.6. The molecular formula is C26H21ClO6. The van der Waals surface area contributed by atoms with E-state index in [0.29, 0.717) is 39.5 Å². The molecule has 0 aliphatic carbocycles. The summed E-state index contributed by atoms with van der Waals surface area (Å²) < 4.78 is 22.0. The minimum Gasteiger partial charge on any atom is -0.497 e. The van der Waals surface area contributed by atoms with Gasteiger partial charge in [0.2, 0.25) is 5.78 Å². The summed E-state index contributed by atoms with van der Waals surface area (Å²) in [4.78, 5) is 25.5. The number of allylic oxidation sites excluding steroid dienone is 1. The van der Waals surface area contributed by atoms with Gasteiger partial charge in [0.05, 0.1) is 19.8 Å². The Morgan fingerprint density at radius 1 is 1.00 bits per heavy atom. The molecule has 0 saturated heterocycles. The highest BCUT2D eigenvalue weighted by Crippen LogP contribution is 2.40. The lowest BCUT2D eigenvalue weighted by Crippen LogP contribution is -2.15. The van der Waals surface area contributed by atoms with Gasteiger partial charge in [-0.15, -0.1) is 11.6 Å². The number of benzene rings is 3. The van der Waals surface area contributed by atoms with E-state index in [4.69, 9.17) is 30.5 Å². The molecule has 0 fully saturated rings. The maximum absolute atomic E-state index is 12.9. The van der Waals surface area contributed by atoms with E-state index in [1.165, 1.54) is 7.11 Å². The highest BCUT2D eigenvalue weighted by atomic mass is 35.5. The van der Waals surface area contributed by atoms with Crippen molar-refractivity contribution in [1.29, 1.82) is 0 Å². The van der Waals surface area contributed by atoms with Crippen LogP contribution in [0.15, 0.2) is 66.4 Å². The fraction of sp³-hybridized carbons (Fsp3) is 0.154. The van der Waals surface area contributed by atoms with Gasteiger partial charge in [0.25, 0.3) is 0 Å². The van der Waals surface area contributed by atoms with Crippen molar-refractivity contribution in [2.45, 2.75) is 12.3 Å². The van der Waals surface area contributed by atoms with Crippen LogP contribution in [0.25, 0.3) is 6.08 Å². The summed E-state index contributed by atoms with van der Waals surface area (Å²) in [6, 6.07) is 17.3. The number of alkyl halides is 1. The molecular weight excluding hydrogens is 444 g/mol. The lowest BCUT2D eigenvalue weighted by atomic mass is 10.1. The Labute approximate surface area is 196 Å². The number of rotatable bonds is 6. The van der Waals surface area contributed by atoms with E-state index in [1.54, 1.807) is 74.7 Å². The van der Waals surface area contributed by atoms with Crippen molar-refractivity contribution in [1.82, 2.24) is 0 Å². The van der Waals surface area contributed by atoms with Gasteiger partial charge in [-0.3, -0.25) is 4.79 Å². The van der Waals surface area contributed by atoms with Gasteiger partial charge in [0, 0.05) is 17.2 Å². The van der Waals surface area contributed by atoms with Crippen molar-refractivity contribution >= 4 is 29.4 Å². The van der Waals surface area contributed by atoms with E-state index in [2.05, 4.69) is 0 Å². The minimum absolute atomic E-state index is 0.138. The second-order valence-electron chi connectivity index (χ2n) is 7.31. The summed E-state index contributed by atoms with van der Waals surface area (Å²) in [5, 5.41) is -0.959. The Balaban J connectivity index is 1.59. The molecule has 0 bridgehead atoms. The zero-order valence-electron chi connectivity index (χ0n) is 18.3. The molecule has 0 saturated carbocycles. The van der Waals surface area contributed by atoms with Crippen molar-refractivity contribution < 1.29 is 28.5 Å². The number of carbonyl (C=O) groups excluding carboxylic acids is 2. The number of methoxy groups -OCH3 is 2. The Morgan fingerprint density at radius 3 is 2.45 bits per heavy atom. The molecule has 0 spiro atoms. The van der Waals surface area contributed by atoms with Crippen LogP contribution in [0.3, 0.4) is 0 Å². The predicted molar refractivity (Wildman–Crippen MR) is 124 cm³/mol. The Morgan fingerprint density at radius 2 is 1.76 bits per heavy atom. The Kier molecular flexibility index (Phi) is 6.38. The fourth-order valence-electron chi connectivity index (χ4n) is 3.48. The van der Waals surface area contributed by atoms with Crippen molar-refractivity contribution in [3.8, 4) is 23.0 Å². The third-order valence-corrected chi connectivity index (χ3v) is 5.70. The minimum atomic E-state index is -0.959. The molecule has 1 aliphatic heterocycles. The van der Waals surface area contributed by atoms with Gasteiger partial charge < -0.3 is 18.9 Å². The summed E-state index contributed by atoms with van der Waals surface area (Å²) in [6.07, 6.45) is 1.61. The van der Waals surface area contributed by atoms with Gasteiger partial charge in [-0.1, -0.05) is 30.3 Å². The van der Waals surface area contributed by atoms with Crippen LogP contribution >= 0.6 is 11.6 Å². The first-order chi connectivity index (χ1) is 15.9. The predicted octanol–water partition coefficient (Wildman–Crippen LogP) is 5.51. The van der Waals surface area contributed by atoms with E-state index in [1.807, 2.05) is 6.07 Å². The molecule has 1 aliphatic rings. The molecule has 0 radical (unpaired) electrons. The number of fused-ring (bicyclic) bond motifs is 1. The number of esters is 1. The smallest absolute Gasteiger partial charge is 0.334 e. The first kappa shape index (κ1) is 22.4. The standard InChI is InChI=1S/C26H21ClO6/c1-15-20(33-26(29)23(27)16-7-5-4-6-8-16)12-11-19-24(28)22(32-25(15)19)13-17-9-10-18(30-2)14-21(17)31-3/h4-14,23H,1-3H3/b22-13-. The summed E-state index contributed by atoms with van der Waals surface area (Å²) >= 11 is 6.27. The molecule has 0 N–H and O–H groups in total. The lowest BCUT2D eigenvalue weighted by molar-refractivity contribution is -0.134. The van der Waals surface area contributed by atoms with Crippen molar-refractivity contribution in [2.24, 2.45) is 0 Å². The number of hydrogen-bond donors (Lipinski definition) is 0. The third kappa shape index (κ3) is 4.43. The van der Waals surface area contributed by atoms with Gasteiger partial charge in [-0.25, -0.2) is 4.79 Å². The van der Waals surface area contributed by atoms with Crippen LogP contribution in [-0.4, -0.2) is 26.0 Å². The van der Waals surface area contributed by atoms with E-state index in [0.717, 1.165) is 0 Å². The number of hydrogen-bond acceptors (Lipinski definition) is 6.